The van der Waals surface area contributed by atoms with Crippen LogP contribution in [0.3, 0.4) is 0 Å². The van der Waals surface area contributed by atoms with Gasteiger partial charge >= 0.3 is 0 Å². The predicted octanol–water partition coefficient (Wildman–Crippen LogP) is 4.49. The van der Waals surface area contributed by atoms with E-state index in [0.717, 1.165) is 35.5 Å². The molecule has 28 heavy (non-hydrogen) atoms. The van der Waals surface area contributed by atoms with E-state index >= 15 is 0 Å². The van der Waals surface area contributed by atoms with Crippen molar-refractivity contribution in [2.45, 2.75) is 58.9 Å². The van der Waals surface area contributed by atoms with Crippen LogP contribution in [0.25, 0.3) is 0 Å². The molecule has 0 radical (unpaired) electrons. The van der Waals surface area contributed by atoms with E-state index in [-0.39, 0.29) is 6.04 Å². The molecule has 0 bridgehead atoms. The van der Waals surface area contributed by atoms with Crippen molar-refractivity contribution < 1.29 is 0 Å². The number of nitrogens with one attached hydrogen (secondary N) is 3. The van der Waals surface area contributed by atoms with Crippen LogP contribution >= 0.6 is 12.2 Å². The number of rotatable bonds is 3. The summed E-state index contributed by atoms with van der Waals surface area (Å²) in [5.74, 6) is 1.11. The molecular weight excluding hydrogens is 368 g/mol. The number of hydrogen-bond donors (Lipinski definition) is 3. The van der Waals surface area contributed by atoms with Gasteiger partial charge in [0.25, 0.3) is 0 Å². The van der Waals surface area contributed by atoms with Gasteiger partial charge in [-0.25, -0.2) is 15.0 Å². The summed E-state index contributed by atoms with van der Waals surface area (Å²) in [6.45, 7) is 5.95. The molecule has 7 heteroatoms. The van der Waals surface area contributed by atoms with Crippen LogP contribution in [0.1, 0.15) is 49.1 Å². The first-order chi connectivity index (χ1) is 13.5. The van der Waals surface area contributed by atoms with E-state index in [2.05, 4.69) is 25.9 Å². The highest BCUT2D eigenvalue weighted by Crippen LogP contribution is 2.20. The zero-order chi connectivity index (χ0) is 19.9. The minimum absolute atomic E-state index is 0.288. The van der Waals surface area contributed by atoms with Crippen LogP contribution in [-0.2, 0) is 0 Å². The Hall–Kier alpha value is -2.54. The number of thiocarbonyl (C=S) groups is 1. The van der Waals surface area contributed by atoms with Crippen molar-refractivity contribution in [1.29, 1.82) is 0 Å². The van der Waals surface area contributed by atoms with Crippen LogP contribution in [0.15, 0.2) is 35.3 Å². The summed E-state index contributed by atoms with van der Waals surface area (Å²) in [5, 5.41) is 10.2. The summed E-state index contributed by atoms with van der Waals surface area (Å²) in [6, 6.07) is 10.3. The van der Waals surface area contributed by atoms with E-state index in [1.807, 2.05) is 51.1 Å². The van der Waals surface area contributed by atoms with Crippen molar-refractivity contribution in [3.8, 4) is 0 Å². The zero-order valence-corrected chi connectivity index (χ0v) is 17.6. The largest absolute Gasteiger partial charge is 0.332 e. The van der Waals surface area contributed by atoms with Crippen molar-refractivity contribution in [2.24, 2.45) is 4.99 Å². The zero-order valence-electron chi connectivity index (χ0n) is 16.7. The van der Waals surface area contributed by atoms with E-state index in [1.54, 1.807) is 0 Å². The molecule has 1 fully saturated rings. The Morgan fingerprint density at radius 2 is 1.68 bits per heavy atom. The van der Waals surface area contributed by atoms with Crippen LogP contribution < -0.4 is 16.0 Å². The van der Waals surface area contributed by atoms with Crippen LogP contribution in [0.5, 0.6) is 0 Å². The van der Waals surface area contributed by atoms with Gasteiger partial charge < -0.3 is 10.6 Å². The van der Waals surface area contributed by atoms with Gasteiger partial charge in [-0.1, -0.05) is 37.5 Å². The van der Waals surface area contributed by atoms with E-state index in [4.69, 9.17) is 17.2 Å². The minimum Gasteiger partial charge on any atom is -0.332 e. The Kier molecular flexibility index (Phi) is 6.92. The third-order valence-corrected chi connectivity index (χ3v) is 4.93. The second kappa shape index (κ2) is 9.59. The highest BCUT2D eigenvalue weighted by Gasteiger charge is 2.15. The first-order valence-corrected chi connectivity index (χ1v) is 10.2. The molecule has 0 spiro atoms. The van der Waals surface area contributed by atoms with E-state index in [1.165, 1.54) is 19.3 Å². The topological polar surface area (TPSA) is 74.2 Å². The standard InChI is InChI=1S/C21H28N6S/c1-14-9-7-8-12-18(14)25-21(28)27-20(24-17-10-5-4-6-11-17)26-19-22-15(2)13-16(3)23-19/h7-9,12-13,17H,4-6,10-11H2,1-3H3,(H3,22,23,24,25,26,27,28). The molecule has 1 aromatic heterocycles. The molecular formula is C21H28N6S. The second-order valence-corrected chi connectivity index (χ2v) is 7.67. The second-order valence-electron chi connectivity index (χ2n) is 7.26. The molecule has 3 N–H and O–H groups in total. The lowest BCUT2D eigenvalue weighted by molar-refractivity contribution is 0.443. The lowest BCUT2D eigenvalue weighted by atomic mass is 9.96. The monoisotopic (exact) mass is 396 g/mol. The fourth-order valence-electron chi connectivity index (χ4n) is 3.35. The third kappa shape index (κ3) is 5.99. The van der Waals surface area contributed by atoms with Crippen LogP contribution in [0.2, 0.25) is 0 Å². The summed E-state index contributed by atoms with van der Waals surface area (Å²) in [4.78, 5) is 13.8. The number of nitrogens with zero attached hydrogens (tertiary/aromatic N) is 3. The quantitative estimate of drug-likeness (QED) is 0.403. The van der Waals surface area contributed by atoms with Crippen molar-refractivity contribution in [3.63, 3.8) is 0 Å². The first kappa shape index (κ1) is 20.2. The molecule has 1 aromatic carbocycles. The number of para-hydroxylation sites is 1. The molecule has 0 atom stereocenters. The van der Waals surface area contributed by atoms with Gasteiger partial charge in [0.15, 0.2) is 5.11 Å². The Morgan fingerprint density at radius 3 is 2.36 bits per heavy atom. The van der Waals surface area contributed by atoms with Gasteiger partial charge in [0.2, 0.25) is 11.9 Å². The van der Waals surface area contributed by atoms with Gasteiger partial charge in [0.05, 0.1) is 6.04 Å². The Bertz CT molecular complexity index is 837. The Balaban J connectivity index is 1.76. The molecule has 0 saturated heterocycles. The maximum absolute atomic E-state index is 5.52. The SMILES string of the molecule is Cc1cc(C)nc(NC(=NC2CCCCC2)NC(=S)Nc2ccccc2C)n1. The fraction of sp³-hybridized carbons (Fsp3) is 0.429. The Labute approximate surface area is 172 Å². The molecule has 1 aliphatic carbocycles. The molecule has 0 unspecified atom stereocenters. The van der Waals surface area contributed by atoms with Crippen LogP contribution in [-0.4, -0.2) is 27.1 Å². The van der Waals surface area contributed by atoms with Gasteiger partial charge in [-0.15, -0.1) is 0 Å². The summed E-state index contributed by atoms with van der Waals surface area (Å²) < 4.78 is 0. The average Bonchev–Trinajstić information content (AvgIpc) is 2.63. The number of anilines is 2. The normalized spacial score (nSPS) is 15.2. The summed E-state index contributed by atoms with van der Waals surface area (Å²) in [6.07, 6.45) is 5.91. The smallest absolute Gasteiger partial charge is 0.229 e. The van der Waals surface area contributed by atoms with Gasteiger partial charge in [-0.05, 0) is 63.5 Å². The van der Waals surface area contributed by atoms with E-state index < -0.39 is 0 Å². The first-order valence-electron chi connectivity index (χ1n) is 9.80. The Morgan fingerprint density at radius 1 is 1.00 bits per heavy atom. The van der Waals surface area contributed by atoms with Crippen LogP contribution in [0, 0.1) is 20.8 Å². The van der Waals surface area contributed by atoms with E-state index in [0.29, 0.717) is 17.0 Å². The average molecular weight is 397 g/mol. The lowest BCUT2D eigenvalue weighted by Gasteiger charge is -2.21. The molecule has 3 rings (SSSR count). The van der Waals surface area contributed by atoms with Crippen molar-refractivity contribution in [3.05, 3.63) is 47.3 Å². The number of aromatic nitrogens is 2. The molecule has 6 nitrogen and oxygen atoms in total. The molecule has 1 aliphatic rings. The molecule has 0 aliphatic heterocycles. The van der Waals surface area contributed by atoms with Gasteiger partial charge in [-0.3, -0.25) is 5.32 Å². The van der Waals surface area contributed by atoms with Crippen molar-refractivity contribution in [2.75, 3.05) is 10.6 Å². The van der Waals surface area contributed by atoms with Gasteiger partial charge in [-0.2, -0.15) is 0 Å². The summed E-state index contributed by atoms with van der Waals surface area (Å²) >= 11 is 5.52. The fourth-order valence-corrected chi connectivity index (χ4v) is 3.56. The maximum atomic E-state index is 5.52. The number of hydrogen-bond acceptors (Lipinski definition) is 4. The van der Waals surface area contributed by atoms with Crippen molar-refractivity contribution in [1.82, 2.24) is 15.3 Å². The highest BCUT2D eigenvalue weighted by atomic mass is 32.1. The molecule has 1 saturated carbocycles. The molecule has 0 amide bonds. The number of aryl methyl sites for hydroxylation is 3. The number of benzene rings is 1. The van der Waals surface area contributed by atoms with Gasteiger partial charge in [0.1, 0.15) is 0 Å². The third-order valence-electron chi connectivity index (χ3n) is 4.72. The van der Waals surface area contributed by atoms with Crippen LogP contribution in [0.4, 0.5) is 11.6 Å². The number of guanidine groups is 1. The molecule has 2 aromatic rings. The van der Waals surface area contributed by atoms with E-state index in [9.17, 15) is 0 Å². The summed E-state index contributed by atoms with van der Waals surface area (Å²) in [7, 11) is 0. The van der Waals surface area contributed by atoms with Gasteiger partial charge in [0, 0.05) is 17.1 Å². The predicted molar refractivity (Wildman–Crippen MR) is 120 cm³/mol. The van der Waals surface area contributed by atoms with Crippen molar-refractivity contribution >= 4 is 34.9 Å². The molecule has 1 heterocycles. The molecule has 148 valence electrons. The number of aliphatic imine (C=N–C) groups is 1. The lowest BCUT2D eigenvalue weighted by Crippen LogP contribution is -2.40. The summed E-state index contributed by atoms with van der Waals surface area (Å²) in [5.41, 5.74) is 3.92. The highest BCUT2D eigenvalue weighted by molar-refractivity contribution is 7.80. The minimum atomic E-state index is 0.288. The maximum Gasteiger partial charge on any atom is 0.229 e.